The summed E-state index contributed by atoms with van der Waals surface area (Å²) in [5.74, 6) is -0.190. The van der Waals surface area contributed by atoms with Crippen LogP contribution in [-0.4, -0.2) is 39.5 Å². The molecule has 2 aromatic heterocycles. The Morgan fingerprint density at radius 3 is 2.60 bits per heavy atom. The van der Waals surface area contributed by atoms with Gasteiger partial charge in [-0.1, -0.05) is 38.1 Å². The van der Waals surface area contributed by atoms with Crippen LogP contribution in [0.2, 0.25) is 0 Å². The molecule has 1 fully saturated rings. The average Bonchev–Trinajstić information content (AvgIpc) is 3.69. The number of fused-ring (bicyclic) bond motifs is 1. The molecule has 1 aliphatic carbocycles. The van der Waals surface area contributed by atoms with Crippen LogP contribution in [0.3, 0.4) is 0 Å². The van der Waals surface area contributed by atoms with Crippen molar-refractivity contribution in [2.75, 3.05) is 24.2 Å². The van der Waals surface area contributed by atoms with Crippen molar-refractivity contribution in [2.45, 2.75) is 45.7 Å². The molecule has 1 amide bonds. The maximum Gasteiger partial charge on any atom is 0.251 e. The zero-order valence-electron chi connectivity index (χ0n) is 23.0. The summed E-state index contributed by atoms with van der Waals surface area (Å²) in [6.45, 7) is 6.94. The van der Waals surface area contributed by atoms with Crippen molar-refractivity contribution in [2.24, 2.45) is 5.41 Å². The van der Waals surface area contributed by atoms with E-state index in [0.29, 0.717) is 57.2 Å². The van der Waals surface area contributed by atoms with Gasteiger partial charge in [-0.2, -0.15) is 10.5 Å². The Bertz CT molecular complexity index is 1670. The summed E-state index contributed by atoms with van der Waals surface area (Å²) in [5, 5.41) is 39.0. The van der Waals surface area contributed by atoms with Gasteiger partial charge in [-0.3, -0.25) is 9.78 Å². The molecule has 2 heterocycles. The van der Waals surface area contributed by atoms with Crippen molar-refractivity contribution >= 4 is 28.2 Å². The van der Waals surface area contributed by atoms with Gasteiger partial charge in [0, 0.05) is 36.4 Å². The average molecular weight is 534 g/mol. The lowest BCUT2D eigenvalue weighted by Gasteiger charge is -2.22. The molecule has 202 valence electrons. The van der Waals surface area contributed by atoms with Crippen LogP contribution >= 0.6 is 0 Å². The highest BCUT2D eigenvalue weighted by molar-refractivity contribution is 5.99. The lowest BCUT2D eigenvalue weighted by molar-refractivity contribution is 0.0963. The number of rotatable bonds is 8. The number of benzene rings is 2. The highest BCUT2D eigenvalue weighted by Gasteiger charge is 2.27. The van der Waals surface area contributed by atoms with Gasteiger partial charge in [0.15, 0.2) is 0 Å². The molecule has 0 saturated heterocycles. The monoisotopic (exact) mass is 533 g/mol. The summed E-state index contributed by atoms with van der Waals surface area (Å²) in [7, 11) is 1.60. The molecule has 5 rings (SSSR count). The molecule has 1 saturated carbocycles. The van der Waals surface area contributed by atoms with Gasteiger partial charge in [-0.05, 0) is 48.1 Å². The molecule has 0 aliphatic heterocycles. The second-order valence-corrected chi connectivity index (χ2v) is 11.2. The van der Waals surface area contributed by atoms with Gasteiger partial charge in [0.2, 0.25) is 0 Å². The molecule has 1 aliphatic rings. The van der Waals surface area contributed by atoms with Gasteiger partial charge in [0.1, 0.15) is 17.8 Å². The standard InChI is InChI=1S/C30H31N9O/c1-30(2,3)17-35-27-21(14-32)15-34-26-20(13-31)11-22(12-24(26)27)36-28(25-16-39(38-37-25)23-8-9-23)18-6-5-7-19(10-18)29(40)33-4/h5-7,10-12,15-16,23,28,36H,8-9,17H2,1-4H3,(H,33,40)(H,34,35). The highest BCUT2D eigenvalue weighted by Crippen LogP contribution is 2.36. The zero-order valence-corrected chi connectivity index (χ0v) is 23.0. The molecule has 1 unspecified atom stereocenters. The summed E-state index contributed by atoms with van der Waals surface area (Å²) in [6, 6.07) is 15.4. The van der Waals surface area contributed by atoms with Crippen molar-refractivity contribution in [3.05, 3.63) is 76.7 Å². The molecule has 2 aromatic carbocycles. The minimum Gasteiger partial charge on any atom is -0.383 e. The van der Waals surface area contributed by atoms with E-state index in [4.69, 9.17) is 0 Å². The third kappa shape index (κ3) is 5.57. The lowest BCUT2D eigenvalue weighted by Crippen LogP contribution is -2.20. The largest absolute Gasteiger partial charge is 0.383 e. The van der Waals surface area contributed by atoms with Crippen molar-refractivity contribution in [3.8, 4) is 12.1 Å². The Balaban J connectivity index is 1.62. The topological polar surface area (TPSA) is 144 Å². The Kier molecular flexibility index (Phi) is 7.10. The van der Waals surface area contributed by atoms with Crippen LogP contribution in [0.5, 0.6) is 0 Å². The first-order valence-electron chi connectivity index (χ1n) is 13.2. The van der Waals surface area contributed by atoms with Crippen molar-refractivity contribution in [3.63, 3.8) is 0 Å². The first-order chi connectivity index (χ1) is 19.2. The molecule has 3 N–H and O–H groups in total. The molecule has 10 heteroatoms. The zero-order chi connectivity index (χ0) is 28.4. The van der Waals surface area contributed by atoms with E-state index in [9.17, 15) is 15.3 Å². The van der Waals surface area contributed by atoms with Crippen LogP contribution < -0.4 is 16.0 Å². The number of pyridine rings is 1. The molecule has 0 spiro atoms. The van der Waals surface area contributed by atoms with Crippen LogP contribution in [0.15, 0.2) is 48.8 Å². The molecular weight excluding hydrogens is 502 g/mol. The highest BCUT2D eigenvalue weighted by atomic mass is 16.1. The number of nitrogens with one attached hydrogen (secondary N) is 3. The van der Waals surface area contributed by atoms with Gasteiger partial charge in [0.05, 0.1) is 40.6 Å². The number of carbonyl (C=O) groups excluding carboxylic acids is 1. The van der Waals surface area contributed by atoms with Crippen molar-refractivity contribution < 1.29 is 4.79 Å². The quantitative estimate of drug-likeness (QED) is 0.289. The van der Waals surface area contributed by atoms with E-state index < -0.39 is 6.04 Å². The Hall–Kier alpha value is -4.96. The van der Waals surface area contributed by atoms with Gasteiger partial charge in [-0.15, -0.1) is 5.10 Å². The van der Waals surface area contributed by atoms with Crippen LogP contribution in [0.25, 0.3) is 10.9 Å². The normalized spacial score (nSPS) is 13.8. The SMILES string of the molecule is CNC(=O)c1cccc(C(Nc2cc(C#N)c3ncc(C#N)c(NCC(C)(C)C)c3c2)c2cn(C3CC3)nn2)c1. The fraction of sp³-hybridized carbons (Fsp3) is 0.333. The van der Waals surface area contributed by atoms with Crippen LogP contribution in [0, 0.1) is 28.1 Å². The number of carbonyl (C=O) groups is 1. The van der Waals surface area contributed by atoms with E-state index in [0.717, 1.165) is 18.4 Å². The minimum atomic E-state index is -0.459. The van der Waals surface area contributed by atoms with E-state index >= 15 is 0 Å². The Morgan fingerprint density at radius 2 is 1.93 bits per heavy atom. The first kappa shape index (κ1) is 26.6. The summed E-state index contributed by atoms with van der Waals surface area (Å²) >= 11 is 0. The van der Waals surface area contributed by atoms with Crippen molar-refractivity contribution in [1.29, 1.82) is 10.5 Å². The van der Waals surface area contributed by atoms with Crippen LogP contribution in [-0.2, 0) is 0 Å². The molecule has 10 nitrogen and oxygen atoms in total. The number of hydrogen-bond acceptors (Lipinski definition) is 8. The Morgan fingerprint density at radius 1 is 1.15 bits per heavy atom. The summed E-state index contributed by atoms with van der Waals surface area (Å²) in [6.07, 6.45) is 5.58. The fourth-order valence-corrected chi connectivity index (χ4v) is 4.54. The Labute approximate surface area is 233 Å². The fourth-order valence-electron chi connectivity index (χ4n) is 4.54. The molecule has 4 aromatic rings. The van der Waals surface area contributed by atoms with Gasteiger partial charge < -0.3 is 16.0 Å². The summed E-state index contributed by atoms with van der Waals surface area (Å²) in [4.78, 5) is 16.9. The van der Waals surface area contributed by atoms with Crippen LogP contribution in [0.4, 0.5) is 11.4 Å². The van der Waals surface area contributed by atoms with E-state index in [2.05, 4.69) is 64.2 Å². The third-order valence-corrected chi connectivity index (χ3v) is 6.77. The van der Waals surface area contributed by atoms with E-state index in [-0.39, 0.29) is 11.3 Å². The molecule has 1 atom stereocenters. The van der Waals surface area contributed by atoms with Gasteiger partial charge in [0.25, 0.3) is 5.91 Å². The molecule has 0 radical (unpaired) electrons. The molecular formula is C30H31N9O. The minimum absolute atomic E-state index is 0.0372. The van der Waals surface area contributed by atoms with E-state index in [1.807, 2.05) is 35.1 Å². The number of amides is 1. The molecule has 0 bridgehead atoms. The number of nitrogens with zero attached hydrogens (tertiary/aromatic N) is 6. The van der Waals surface area contributed by atoms with Crippen LogP contribution in [0.1, 0.15) is 78.4 Å². The first-order valence-corrected chi connectivity index (χ1v) is 13.2. The lowest BCUT2D eigenvalue weighted by atomic mass is 9.96. The third-order valence-electron chi connectivity index (χ3n) is 6.77. The summed E-state index contributed by atoms with van der Waals surface area (Å²) in [5.41, 5.74) is 4.58. The number of nitriles is 2. The van der Waals surface area contributed by atoms with Gasteiger partial charge >= 0.3 is 0 Å². The maximum atomic E-state index is 12.4. The number of anilines is 2. The van der Waals surface area contributed by atoms with Crippen molar-refractivity contribution in [1.82, 2.24) is 25.3 Å². The molecule has 40 heavy (non-hydrogen) atoms. The predicted octanol–water partition coefficient (Wildman–Crippen LogP) is 4.92. The smallest absolute Gasteiger partial charge is 0.251 e. The van der Waals surface area contributed by atoms with E-state index in [1.165, 1.54) is 6.20 Å². The predicted molar refractivity (Wildman–Crippen MR) is 153 cm³/mol. The summed E-state index contributed by atoms with van der Waals surface area (Å²) < 4.78 is 1.88. The number of hydrogen-bond donors (Lipinski definition) is 3. The van der Waals surface area contributed by atoms with Gasteiger partial charge in [-0.25, -0.2) is 4.68 Å². The van der Waals surface area contributed by atoms with E-state index in [1.54, 1.807) is 19.2 Å². The number of aromatic nitrogens is 4. The maximum absolute atomic E-state index is 12.4. The second kappa shape index (κ2) is 10.7. The second-order valence-electron chi connectivity index (χ2n) is 11.2.